The number of rotatable bonds is 8. The number of nitrogens with zero attached hydrogens (tertiary/aromatic N) is 2. The molecule has 0 aliphatic rings. The minimum atomic E-state index is 0.581. The highest BCUT2D eigenvalue weighted by atomic mass is 32.2. The molecule has 98 valence electrons. The van der Waals surface area contributed by atoms with Crippen LogP contribution < -0.4 is 5.32 Å². The molecule has 4 heteroatoms. The Morgan fingerprint density at radius 3 is 2.82 bits per heavy atom. The first-order valence-electron chi connectivity index (χ1n) is 6.39. The largest absolute Gasteiger partial charge is 0.314 e. The normalized spacial score (nSPS) is 12.9. The van der Waals surface area contributed by atoms with Crippen LogP contribution in [0.4, 0.5) is 0 Å². The second kappa shape index (κ2) is 7.77. The van der Waals surface area contributed by atoms with Crippen molar-refractivity contribution in [1.29, 1.82) is 0 Å². The lowest BCUT2D eigenvalue weighted by molar-refractivity contribution is 0.484. The van der Waals surface area contributed by atoms with E-state index in [1.807, 2.05) is 23.5 Å². The van der Waals surface area contributed by atoms with E-state index in [9.17, 15) is 0 Å². The molecular weight excluding hydrogens is 230 g/mol. The molecule has 0 saturated carbocycles. The summed E-state index contributed by atoms with van der Waals surface area (Å²) in [6, 6.07) is 2.77. The van der Waals surface area contributed by atoms with Crippen molar-refractivity contribution in [2.45, 2.75) is 39.2 Å². The molecule has 0 bridgehead atoms. The van der Waals surface area contributed by atoms with E-state index in [-0.39, 0.29) is 0 Å². The zero-order valence-electron chi connectivity index (χ0n) is 11.5. The predicted molar refractivity (Wildman–Crippen MR) is 76.7 cm³/mol. The Morgan fingerprint density at radius 1 is 1.53 bits per heavy atom. The van der Waals surface area contributed by atoms with Crippen molar-refractivity contribution in [3.05, 3.63) is 17.5 Å². The van der Waals surface area contributed by atoms with Gasteiger partial charge in [0.2, 0.25) is 0 Å². The van der Waals surface area contributed by atoms with Crippen molar-refractivity contribution in [3.8, 4) is 0 Å². The van der Waals surface area contributed by atoms with Gasteiger partial charge in [-0.2, -0.15) is 16.9 Å². The van der Waals surface area contributed by atoms with E-state index >= 15 is 0 Å². The molecule has 1 heterocycles. The molecule has 0 aliphatic carbocycles. The minimum absolute atomic E-state index is 0.581. The second-order valence-electron chi connectivity index (χ2n) is 4.54. The smallest absolute Gasteiger partial charge is 0.0596 e. The lowest BCUT2D eigenvalue weighted by Gasteiger charge is -2.18. The van der Waals surface area contributed by atoms with Crippen molar-refractivity contribution in [3.63, 3.8) is 0 Å². The van der Waals surface area contributed by atoms with Crippen molar-refractivity contribution >= 4 is 11.8 Å². The fourth-order valence-corrected chi connectivity index (χ4v) is 2.51. The molecule has 0 radical (unpaired) electrons. The van der Waals surface area contributed by atoms with Gasteiger partial charge in [0.1, 0.15) is 0 Å². The molecule has 0 spiro atoms. The molecule has 0 aromatic carbocycles. The van der Waals surface area contributed by atoms with Crippen LogP contribution in [-0.2, 0) is 13.5 Å². The molecule has 0 aliphatic heterocycles. The molecule has 1 aromatic rings. The van der Waals surface area contributed by atoms with Gasteiger partial charge in [0, 0.05) is 25.2 Å². The Balaban J connectivity index is 2.54. The average Bonchev–Trinajstić information content (AvgIpc) is 2.61. The zero-order chi connectivity index (χ0) is 12.7. The van der Waals surface area contributed by atoms with Crippen molar-refractivity contribution in [1.82, 2.24) is 15.1 Å². The average molecular weight is 255 g/mol. The maximum absolute atomic E-state index is 4.41. The molecule has 1 rings (SSSR count). The van der Waals surface area contributed by atoms with Gasteiger partial charge in [0.15, 0.2) is 0 Å². The van der Waals surface area contributed by atoms with Crippen LogP contribution >= 0.6 is 11.8 Å². The molecule has 17 heavy (non-hydrogen) atoms. The van der Waals surface area contributed by atoms with E-state index in [4.69, 9.17) is 0 Å². The van der Waals surface area contributed by atoms with Crippen molar-refractivity contribution in [2.75, 3.05) is 18.6 Å². The number of thioether (sulfide) groups is 1. The van der Waals surface area contributed by atoms with Gasteiger partial charge in [-0.3, -0.25) is 4.68 Å². The summed E-state index contributed by atoms with van der Waals surface area (Å²) in [5.74, 6) is 1.22. The molecule has 1 unspecified atom stereocenters. The highest BCUT2D eigenvalue weighted by Crippen LogP contribution is 2.09. The summed E-state index contributed by atoms with van der Waals surface area (Å²) in [5, 5.41) is 8.04. The number of hydrogen-bond acceptors (Lipinski definition) is 3. The highest BCUT2D eigenvalue weighted by Gasteiger charge is 2.11. The van der Waals surface area contributed by atoms with Crippen LogP contribution in [0.1, 0.15) is 31.2 Å². The Kier molecular flexibility index (Phi) is 6.66. The number of nitrogens with one attached hydrogen (secondary N) is 1. The maximum atomic E-state index is 4.41. The molecule has 0 saturated heterocycles. The third-order valence-corrected chi connectivity index (χ3v) is 3.55. The minimum Gasteiger partial charge on any atom is -0.314 e. The number of aryl methyl sites for hydroxylation is 2. The topological polar surface area (TPSA) is 29.9 Å². The van der Waals surface area contributed by atoms with Crippen molar-refractivity contribution < 1.29 is 0 Å². The van der Waals surface area contributed by atoms with Gasteiger partial charge in [-0.05, 0) is 44.4 Å². The van der Waals surface area contributed by atoms with Gasteiger partial charge < -0.3 is 5.32 Å². The molecule has 3 nitrogen and oxygen atoms in total. The summed E-state index contributed by atoms with van der Waals surface area (Å²) in [6.45, 7) is 5.38. The van der Waals surface area contributed by atoms with E-state index in [1.54, 1.807) is 0 Å². The van der Waals surface area contributed by atoms with Crippen molar-refractivity contribution in [2.24, 2.45) is 7.05 Å². The van der Waals surface area contributed by atoms with Gasteiger partial charge in [0.05, 0.1) is 5.69 Å². The second-order valence-corrected chi connectivity index (χ2v) is 5.52. The summed E-state index contributed by atoms with van der Waals surface area (Å²) in [6.07, 6.45) is 5.68. The van der Waals surface area contributed by atoms with Gasteiger partial charge in [-0.1, -0.05) is 6.92 Å². The first-order chi connectivity index (χ1) is 8.17. The maximum Gasteiger partial charge on any atom is 0.0596 e. The zero-order valence-corrected chi connectivity index (χ0v) is 12.3. The first-order valence-corrected chi connectivity index (χ1v) is 7.78. The van der Waals surface area contributed by atoms with Crippen LogP contribution in [0.15, 0.2) is 6.07 Å². The van der Waals surface area contributed by atoms with Crippen LogP contribution in [0.3, 0.4) is 0 Å². The van der Waals surface area contributed by atoms with E-state index in [0.29, 0.717) is 6.04 Å². The number of hydrogen-bond donors (Lipinski definition) is 1. The first kappa shape index (κ1) is 14.6. The van der Waals surface area contributed by atoms with Gasteiger partial charge in [-0.15, -0.1) is 0 Å². The van der Waals surface area contributed by atoms with E-state index in [1.165, 1.54) is 24.3 Å². The summed E-state index contributed by atoms with van der Waals surface area (Å²) in [4.78, 5) is 0. The highest BCUT2D eigenvalue weighted by molar-refractivity contribution is 7.98. The van der Waals surface area contributed by atoms with Crippen LogP contribution in [0.2, 0.25) is 0 Å². The molecular formula is C13H25N3S. The fourth-order valence-electron chi connectivity index (χ4n) is 1.99. The Labute approximate surface area is 109 Å². The standard InChI is InChI=1S/C13H25N3S/c1-5-7-14-12(6-8-17-4)10-13-9-11(2)15-16(13)3/h9,12,14H,5-8,10H2,1-4H3. The quantitative estimate of drug-likeness (QED) is 0.773. The van der Waals surface area contributed by atoms with Crippen LogP contribution in [0, 0.1) is 6.92 Å². The Bertz CT molecular complexity index is 314. The van der Waals surface area contributed by atoms with Gasteiger partial charge in [-0.25, -0.2) is 0 Å². The summed E-state index contributed by atoms with van der Waals surface area (Å²) in [7, 11) is 2.04. The third-order valence-electron chi connectivity index (χ3n) is 2.91. The summed E-state index contributed by atoms with van der Waals surface area (Å²) >= 11 is 1.92. The number of aromatic nitrogens is 2. The van der Waals surface area contributed by atoms with Crippen LogP contribution in [0.25, 0.3) is 0 Å². The Morgan fingerprint density at radius 2 is 2.29 bits per heavy atom. The van der Waals surface area contributed by atoms with Gasteiger partial charge >= 0.3 is 0 Å². The van der Waals surface area contributed by atoms with Crippen LogP contribution in [-0.4, -0.2) is 34.4 Å². The summed E-state index contributed by atoms with van der Waals surface area (Å²) < 4.78 is 2.01. The Hall–Kier alpha value is -0.480. The lowest BCUT2D eigenvalue weighted by Crippen LogP contribution is -2.33. The van der Waals surface area contributed by atoms with E-state index in [2.05, 4.69) is 36.6 Å². The van der Waals surface area contributed by atoms with E-state index in [0.717, 1.165) is 18.7 Å². The van der Waals surface area contributed by atoms with Crippen LogP contribution in [0.5, 0.6) is 0 Å². The molecule has 0 fully saturated rings. The lowest BCUT2D eigenvalue weighted by atomic mass is 10.1. The van der Waals surface area contributed by atoms with E-state index < -0.39 is 0 Å². The third kappa shape index (κ3) is 5.13. The molecule has 0 amide bonds. The summed E-state index contributed by atoms with van der Waals surface area (Å²) in [5.41, 5.74) is 2.44. The van der Waals surface area contributed by atoms with Gasteiger partial charge in [0.25, 0.3) is 0 Å². The fraction of sp³-hybridized carbons (Fsp3) is 0.769. The predicted octanol–water partition coefficient (Wildman–Crippen LogP) is 2.39. The molecule has 1 atom stereocenters. The SMILES string of the molecule is CCCNC(CCSC)Cc1cc(C)nn1C. The molecule has 1 aromatic heterocycles. The monoisotopic (exact) mass is 255 g/mol. The molecule has 1 N–H and O–H groups in total.